The summed E-state index contributed by atoms with van der Waals surface area (Å²) in [4.78, 5) is 15.7. The minimum absolute atomic E-state index is 0.0362. The molecule has 110 valence electrons. The average molecular weight is 278 g/mol. The first-order valence-corrected chi connectivity index (χ1v) is 6.84. The van der Waals surface area contributed by atoms with Crippen LogP contribution in [0.25, 0.3) is 0 Å². The molecule has 0 saturated carbocycles. The lowest BCUT2D eigenvalue weighted by Crippen LogP contribution is -2.56. The highest BCUT2D eigenvalue weighted by Gasteiger charge is 2.37. The van der Waals surface area contributed by atoms with Crippen LogP contribution >= 0.6 is 0 Å². The van der Waals surface area contributed by atoms with Crippen LogP contribution in [0, 0.1) is 0 Å². The Bertz CT molecular complexity index is 461. The molecule has 1 aromatic rings. The van der Waals surface area contributed by atoms with Gasteiger partial charge in [0.2, 0.25) is 5.91 Å². The van der Waals surface area contributed by atoms with Crippen molar-refractivity contribution in [3.05, 3.63) is 30.3 Å². The quantitative estimate of drug-likeness (QED) is 0.843. The summed E-state index contributed by atoms with van der Waals surface area (Å²) in [5.74, 6) is -0.0362. The zero-order valence-corrected chi connectivity index (χ0v) is 12.0. The van der Waals surface area contributed by atoms with Gasteiger partial charge in [-0.25, -0.2) is 0 Å². The molecule has 5 heteroatoms. The van der Waals surface area contributed by atoms with Gasteiger partial charge in [-0.05, 0) is 25.5 Å². The second kappa shape index (κ2) is 5.81. The van der Waals surface area contributed by atoms with Gasteiger partial charge in [-0.15, -0.1) is 0 Å². The number of β-amino-alcohol motifs (C(OH)–C–C–N with tert-alkyl or cyclic N) is 1. The molecule has 1 saturated heterocycles. The zero-order chi connectivity index (χ0) is 14.8. The monoisotopic (exact) mass is 278 g/mol. The highest BCUT2D eigenvalue weighted by Crippen LogP contribution is 2.22. The third-order valence-corrected chi connectivity index (χ3v) is 3.92. The number of likely N-dealkylation sites (N-methyl/N-ethyl adjacent to an activating group) is 1. The van der Waals surface area contributed by atoms with E-state index in [1.807, 2.05) is 42.3 Å². The topological polar surface area (TPSA) is 64.0 Å². The number of carbonyl (C=O) groups excluding carboxylic acids is 1. The fourth-order valence-electron chi connectivity index (χ4n) is 2.33. The van der Waals surface area contributed by atoms with E-state index in [1.54, 1.807) is 11.8 Å². The molecular formula is C15H22N2O3. The van der Waals surface area contributed by atoms with Gasteiger partial charge in [0.05, 0.1) is 18.2 Å². The first kappa shape index (κ1) is 14.8. The minimum atomic E-state index is -1.10. The van der Waals surface area contributed by atoms with Crippen LogP contribution in [0.5, 0.6) is 0 Å². The van der Waals surface area contributed by atoms with Crippen molar-refractivity contribution >= 4 is 11.6 Å². The standard InChI is InChI=1S/C15H22N2O3/c1-15(20)8-9-17(10-13(15)18)14(19)11-16(2)12-6-4-3-5-7-12/h3-7,13,18,20H,8-11H2,1-2H3. The smallest absolute Gasteiger partial charge is 0.242 e. The van der Waals surface area contributed by atoms with Gasteiger partial charge in [0, 0.05) is 25.8 Å². The van der Waals surface area contributed by atoms with Crippen LogP contribution in [0.3, 0.4) is 0 Å². The van der Waals surface area contributed by atoms with E-state index in [4.69, 9.17) is 0 Å². The first-order valence-electron chi connectivity index (χ1n) is 6.84. The van der Waals surface area contributed by atoms with Crippen molar-refractivity contribution in [1.82, 2.24) is 4.90 Å². The molecule has 0 radical (unpaired) electrons. The highest BCUT2D eigenvalue weighted by atomic mass is 16.3. The van der Waals surface area contributed by atoms with Crippen molar-refractivity contribution in [2.75, 3.05) is 31.6 Å². The lowest BCUT2D eigenvalue weighted by molar-refractivity contribution is -0.144. The predicted molar refractivity (Wildman–Crippen MR) is 77.5 cm³/mol. The number of hydrogen-bond donors (Lipinski definition) is 2. The third kappa shape index (κ3) is 3.29. The van der Waals surface area contributed by atoms with Gasteiger partial charge < -0.3 is 20.0 Å². The normalized spacial score (nSPS) is 26.4. The summed E-state index contributed by atoms with van der Waals surface area (Å²) in [6, 6.07) is 9.69. The number of hydrogen-bond acceptors (Lipinski definition) is 4. The molecule has 1 aliphatic rings. The molecule has 2 atom stereocenters. The molecule has 0 aliphatic carbocycles. The van der Waals surface area contributed by atoms with E-state index in [-0.39, 0.29) is 19.0 Å². The Morgan fingerprint density at radius 1 is 1.45 bits per heavy atom. The predicted octanol–water partition coefficient (Wildman–Crippen LogP) is 0.467. The molecule has 1 heterocycles. The average Bonchev–Trinajstić information content (AvgIpc) is 2.42. The molecule has 0 spiro atoms. The number of aliphatic hydroxyl groups excluding tert-OH is 1. The third-order valence-electron chi connectivity index (χ3n) is 3.92. The van der Waals surface area contributed by atoms with Crippen LogP contribution in [0.15, 0.2) is 30.3 Å². The second-order valence-electron chi connectivity index (χ2n) is 5.65. The molecule has 1 aliphatic heterocycles. The molecular weight excluding hydrogens is 256 g/mol. The van der Waals surface area contributed by atoms with Crippen LogP contribution in [0.4, 0.5) is 5.69 Å². The number of piperidine rings is 1. The number of benzene rings is 1. The highest BCUT2D eigenvalue weighted by molar-refractivity contribution is 5.81. The van der Waals surface area contributed by atoms with E-state index < -0.39 is 11.7 Å². The number of likely N-dealkylation sites (tertiary alicyclic amines) is 1. The van der Waals surface area contributed by atoms with Crippen LogP contribution < -0.4 is 4.90 Å². The lowest BCUT2D eigenvalue weighted by Gasteiger charge is -2.40. The minimum Gasteiger partial charge on any atom is -0.388 e. The van der Waals surface area contributed by atoms with Crippen molar-refractivity contribution in [2.24, 2.45) is 0 Å². The Kier molecular flexibility index (Phi) is 4.30. The number of nitrogens with zero attached hydrogens (tertiary/aromatic N) is 2. The fourth-order valence-corrected chi connectivity index (χ4v) is 2.33. The molecule has 1 aromatic carbocycles. The maximum atomic E-state index is 12.2. The summed E-state index contributed by atoms with van der Waals surface area (Å²) in [6.07, 6.45) is -0.489. The summed E-state index contributed by atoms with van der Waals surface area (Å²) >= 11 is 0. The largest absolute Gasteiger partial charge is 0.388 e. The SMILES string of the molecule is CN(CC(=O)N1CCC(C)(O)C(O)C1)c1ccccc1. The Labute approximate surface area is 119 Å². The van der Waals surface area contributed by atoms with Gasteiger partial charge in [0.1, 0.15) is 0 Å². The van der Waals surface area contributed by atoms with Crippen LogP contribution in [0.2, 0.25) is 0 Å². The lowest BCUT2D eigenvalue weighted by atomic mass is 9.91. The molecule has 1 amide bonds. The van der Waals surface area contributed by atoms with Crippen LogP contribution in [-0.4, -0.2) is 59.4 Å². The van der Waals surface area contributed by atoms with E-state index in [0.29, 0.717) is 13.0 Å². The van der Waals surface area contributed by atoms with Gasteiger partial charge in [0.15, 0.2) is 0 Å². The van der Waals surface area contributed by atoms with Gasteiger partial charge in [-0.1, -0.05) is 18.2 Å². The van der Waals surface area contributed by atoms with E-state index in [9.17, 15) is 15.0 Å². The summed E-state index contributed by atoms with van der Waals surface area (Å²) in [7, 11) is 1.86. The van der Waals surface area contributed by atoms with Gasteiger partial charge >= 0.3 is 0 Å². The van der Waals surface area contributed by atoms with Crippen molar-refractivity contribution in [3.63, 3.8) is 0 Å². The van der Waals surface area contributed by atoms with E-state index in [0.717, 1.165) is 5.69 Å². The van der Waals surface area contributed by atoms with Crippen molar-refractivity contribution in [3.8, 4) is 0 Å². The maximum Gasteiger partial charge on any atom is 0.242 e. The Morgan fingerprint density at radius 2 is 2.10 bits per heavy atom. The Hall–Kier alpha value is -1.59. The van der Waals surface area contributed by atoms with Crippen molar-refractivity contribution in [1.29, 1.82) is 0 Å². The number of amides is 1. The van der Waals surface area contributed by atoms with Gasteiger partial charge in [-0.2, -0.15) is 0 Å². The number of aliphatic hydroxyl groups is 2. The van der Waals surface area contributed by atoms with Crippen LogP contribution in [-0.2, 0) is 4.79 Å². The molecule has 1 fully saturated rings. The molecule has 20 heavy (non-hydrogen) atoms. The maximum absolute atomic E-state index is 12.2. The Morgan fingerprint density at radius 3 is 2.70 bits per heavy atom. The van der Waals surface area contributed by atoms with Crippen molar-refractivity contribution in [2.45, 2.75) is 25.0 Å². The summed E-state index contributed by atoms with van der Waals surface area (Å²) in [5.41, 5.74) is -0.118. The fraction of sp³-hybridized carbons (Fsp3) is 0.533. The van der Waals surface area contributed by atoms with E-state index in [1.165, 1.54) is 0 Å². The number of rotatable bonds is 3. The summed E-state index contributed by atoms with van der Waals surface area (Å²) < 4.78 is 0. The van der Waals surface area contributed by atoms with Gasteiger partial charge in [-0.3, -0.25) is 4.79 Å². The molecule has 2 rings (SSSR count). The molecule has 2 N–H and O–H groups in total. The second-order valence-corrected chi connectivity index (χ2v) is 5.65. The number of para-hydroxylation sites is 1. The summed E-state index contributed by atoms with van der Waals surface area (Å²) in [6.45, 7) is 2.54. The molecule has 0 bridgehead atoms. The molecule has 2 unspecified atom stereocenters. The zero-order valence-electron chi connectivity index (χ0n) is 12.0. The number of carbonyl (C=O) groups is 1. The van der Waals surface area contributed by atoms with E-state index in [2.05, 4.69) is 0 Å². The molecule has 0 aromatic heterocycles. The molecule has 5 nitrogen and oxygen atoms in total. The first-order chi connectivity index (χ1) is 9.40. The van der Waals surface area contributed by atoms with Crippen molar-refractivity contribution < 1.29 is 15.0 Å². The van der Waals surface area contributed by atoms with Crippen LogP contribution in [0.1, 0.15) is 13.3 Å². The number of anilines is 1. The summed E-state index contributed by atoms with van der Waals surface area (Å²) in [5, 5.41) is 19.8. The van der Waals surface area contributed by atoms with E-state index >= 15 is 0 Å². The Balaban J connectivity index is 1.93. The van der Waals surface area contributed by atoms with Gasteiger partial charge in [0.25, 0.3) is 0 Å².